The second-order valence-corrected chi connectivity index (χ2v) is 8.62. The molecular formula is C19H19NOS3. The molecule has 2 nitrogen and oxygen atoms in total. The Kier molecular flexibility index (Phi) is 6.12. The van der Waals surface area contributed by atoms with E-state index in [4.69, 9.17) is 0 Å². The molecule has 0 saturated heterocycles. The van der Waals surface area contributed by atoms with Crippen LogP contribution in [-0.2, 0) is 17.9 Å². The van der Waals surface area contributed by atoms with Crippen molar-refractivity contribution in [2.75, 3.05) is 5.75 Å². The molecule has 24 heavy (non-hydrogen) atoms. The maximum absolute atomic E-state index is 12.8. The summed E-state index contributed by atoms with van der Waals surface area (Å²) in [5.74, 6) is 0.655. The lowest BCUT2D eigenvalue weighted by Gasteiger charge is -2.21. The fourth-order valence-corrected chi connectivity index (χ4v) is 4.52. The smallest absolute Gasteiger partial charge is 0.233 e. The van der Waals surface area contributed by atoms with E-state index in [2.05, 4.69) is 54.1 Å². The highest BCUT2D eigenvalue weighted by atomic mass is 32.2. The Bertz CT molecular complexity index is 712. The number of carbonyl (C=O) groups is 1. The zero-order valence-corrected chi connectivity index (χ0v) is 15.9. The Labute approximate surface area is 155 Å². The number of aryl methyl sites for hydroxylation is 1. The minimum Gasteiger partial charge on any atom is -0.332 e. The van der Waals surface area contributed by atoms with Crippen LogP contribution >= 0.6 is 34.4 Å². The molecule has 5 heteroatoms. The summed E-state index contributed by atoms with van der Waals surface area (Å²) in [5, 5.41) is 4.12. The van der Waals surface area contributed by atoms with Crippen LogP contribution in [0.15, 0.2) is 64.2 Å². The van der Waals surface area contributed by atoms with E-state index in [0.717, 1.165) is 4.90 Å². The van der Waals surface area contributed by atoms with Crippen molar-refractivity contribution in [3.05, 3.63) is 74.6 Å². The summed E-state index contributed by atoms with van der Waals surface area (Å²) < 4.78 is 0. The highest BCUT2D eigenvalue weighted by Crippen LogP contribution is 2.22. The molecule has 1 aromatic carbocycles. The van der Waals surface area contributed by atoms with E-state index < -0.39 is 0 Å². The average Bonchev–Trinajstić information content (AvgIpc) is 3.27. The van der Waals surface area contributed by atoms with Gasteiger partial charge >= 0.3 is 0 Å². The molecule has 2 aromatic heterocycles. The van der Waals surface area contributed by atoms with Gasteiger partial charge in [-0.1, -0.05) is 29.8 Å². The molecule has 0 aliphatic carbocycles. The van der Waals surface area contributed by atoms with Crippen molar-refractivity contribution in [2.45, 2.75) is 24.9 Å². The number of nitrogens with zero attached hydrogens (tertiary/aromatic N) is 1. The molecule has 124 valence electrons. The summed E-state index contributed by atoms with van der Waals surface area (Å²) in [6, 6.07) is 16.6. The number of benzene rings is 1. The van der Waals surface area contributed by atoms with Crippen molar-refractivity contribution in [2.24, 2.45) is 0 Å². The topological polar surface area (TPSA) is 20.3 Å². The van der Waals surface area contributed by atoms with Crippen molar-refractivity contribution in [3.63, 3.8) is 0 Å². The van der Waals surface area contributed by atoms with Gasteiger partial charge in [0.05, 0.1) is 18.8 Å². The fraction of sp³-hybridized carbons (Fsp3) is 0.211. The molecule has 0 bridgehead atoms. The van der Waals surface area contributed by atoms with Crippen molar-refractivity contribution in [1.29, 1.82) is 0 Å². The SMILES string of the molecule is Cc1ccc(SCC(=O)N(Cc2cccs2)Cc2cccs2)cc1. The minimum atomic E-state index is 0.183. The van der Waals surface area contributed by atoms with Crippen LogP contribution < -0.4 is 0 Å². The second-order valence-electron chi connectivity index (χ2n) is 5.51. The highest BCUT2D eigenvalue weighted by Gasteiger charge is 2.16. The summed E-state index contributed by atoms with van der Waals surface area (Å²) in [4.78, 5) is 18.3. The van der Waals surface area contributed by atoms with Gasteiger partial charge in [-0.05, 0) is 41.9 Å². The molecule has 3 aromatic rings. The van der Waals surface area contributed by atoms with Crippen LogP contribution in [0.3, 0.4) is 0 Å². The largest absolute Gasteiger partial charge is 0.332 e. The quantitative estimate of drug-likeness (QED) is 0.514. The van der Waals surface area contributed by atoms with Gasteiger partial charge in [-0.3, -0.25) is 4.79 Å². The summed E-state index contributed by atoms with van der Waals surface area (Å²) >= 11 is 5.01. The third-order valence-electron chi connectivity index (χ3n) is 3.59. The fourth-order valence-electron chi connectivity index (χ4n) is 2.28. The number of hydrogen-bond acceptors (Lipinski definition) is 4. The number of carbonyl (C=O) groups excluding carboxylic acids is 1. The molecular weight excluding hydrogens is 354 g/mol. The molecule has 0 N–H and O–H groups in total. The molecule has 2 heterocycles. The number of amides is 1. The van der Waals surface area contributed by atoms with E-state index >= 15 is 0 Å². The number of thioether (sulfide) groups is 1. The molecule has 0 saturated carbocycles. The first kappa shape index (κ1) is 17.3. The summed E-state index contributed by atoms with van der Waals surface area (Å²) in [7, 11) is 0. The first-order valence-corrected chi connectivity index (χ1v) is 10.5. The molecule has 0 aliphatic rings. The molecule has 1 amide bonds. The normalized spacial score (nSPS) is 10.7. The number of hydrogen-bond donors (Lipinski definition) is 0. The van der Waals surface area contributed by atoms with Crippen LogP contribution in [0.2, 0.25) is 0 Å². The Morgan fingerprint density at radius 3 is 2.04 bits per heavy atom. The van der Waals surface area contributed by atoms with E-state index in [1.807, 2.05) is 17.0 Å². The standard InChI is InChI=1S/C19H19NOS3/c1-15-6-8-16(9-7-15)24-14-19(21)20(12-17-4-2-10-22-17)13-18-5-3-11-23-18/h2-11H,12-14H2,1H3. The van der Waals surface area contributed by atoms with Gasteiger partial charge in [-0.2, -0.15) is 0 Å². The van der Waals surface area contributed by atoms with Crippen LogP contribution in [0, 0.1) is 6.92 Å². The van der Waals surface area contributed by atoms with Crippen molar-refractivity contribution in [1.82, 2.24) is 4.90 Å². The van der Waals surface area contributed by atoms with E-state index in [9.17, 15) is 4.79 Å². The van der Waals surface area contributed by atoms with Gasteiger partial charge in [0.1, 0.15) is 0 Å². The first-order chi connectivity index (χ1) is 11.7. The second kappa shape index (κ2) is 8.51. The summed E-state index contributed by atoms with van der Waals surface area (Å²) in [6.07, 6.45) is 0. The van der Waals surface area contributed by atoms with Crippen LogP contribution in [0.5, 0.6) is 0 Å². The van der Waals surface area contributed by atoms with E-state index in [-0.39, 0.29) is 5.91 Å². The Hall–Kier alpha value is -1.56. The Morgan fingerprint density at radius 2 is 1.54 bits per heavy atom. The monoisotopic (exact) mass is 373 g/mol. The van der Waals surface area contributed by atoms with Crippen molar-refractivity contribution < 1.29 is 4.79 Å². The number of rotatable bonds is 7. The third kappa shape index (κ3) is 4.97. The van der Waals surface area contributed by atoms with Gasteiger partial charge in [0.2, 0.25) is 5.91 Å². The van der Waals surface area contributed by atoms with Crippen LogP contribution in [0.1, 0.15) is 15.3 Å². The van der Waals surface area contributed by atoms with Gasteiger partial charge in [0, 0.05) is 14.6 Å². The lowest BCUT2D eigenvalue weighted by Crippen LogP contribution is -2.31. The van der Waals surface area contributed by atoms with Crippen LogP contribution in [0.25, 0.3) is 0 Å². The average molecular weight is 374 g/mol. The van der Waals surface area contributed by atoms with E-state index in [1.165, 1.54) is 15.3 Å². The molecule has 0 atom stereocenters. The summed E-state index contributed by atoms with van der Waals surface area (Å²) in [6.45, 7) is 3.44. The van der Waals surface area contributed by atoms with Crippen LogP contribution in [-0.4, -0.2) is 16.6 Å². The predicted molar refractivity (Wildman–Crippen MR) is 105 cm³/mol. The molecule has 0 unspecified atom stereocenters. The highest BCUT2D eigenvalue weighted by molar-refractivity contribution is 8.00. The third-order valence-corrected chi connectivity index (χ3v) is 6.31. The lowest BCUT2D eigenvalue weighted by molar-refractivity contribution is -0.129. The van der Waals surface area contributed by atoms with Gasteiger partial charge in [0.15, 0.2) is 0 Å². The minimum absolute atomic E-state index is 0.183. The number of thiophene rings is 2. The summed E-state index contributed by atoms with van der Waals surface area (Å²) in [5.41, 5.74) is 1.24. The van der Waals surface area contributed by atoms with Crippen LogP contribution in [0.4, 0.5) is 0 Å². The first-order valence-electron chi connectivity index (χ1n) is 7.73. The van der Waals surface area contributed by atoms with E-state index in [0.29, 0.717) is 18.8 Å². The molecule has 0 fully saturated rings. The van der Waals surface area contributed by atoms with Gasteiger partial charge in [0.25, 0.3) is 0 Å². The van der Waals surface area contributed by atoms with Crippen molar-refractivity contribution in [3.8, 4) is 0 Å². The maximum atomic E-state index is 12.8. The Morgan fingerprint density at radius 1 is 0.958 bits per heavy atom. The molecule has 3 rings (SSSR count). The van der Waals surface area contributed by atoms with E-state index in [1.54, 1.807) is 34.4 Å². The lowest BCUT2D eigenvalue weighted by atomic mass is 10.2. The molecule has 0 radical (unpaired) electrons. The van der Waals surface area contributed by atoms with Gasteiger partial charge in [-0.25, -0.2) is 0 Å². The maximum Gasteiger partial charge on any atom is 0.233 e. The Balaban J connectivity index is 1.64. The van der Waals surface area contributed by atoms with Crippen molar-refractivity contribution >= 4 is 40.3 Å². The molecule has 0 spiro atoms. The van der Waals surface area contributed by atoms with Gasteiger partial charge < -0.3 is 4.90 Å². The zero-order chi connectivity index (χ0) is 16.8. The predicted octanol–water partition coefficient (Wildman–Crippen LogP) is 5.44. The zero-order valence-electron chi connectivity index (χ0n) is 13.5. The molecule has 0 aliphatic heterocycles. The van der Waals surface area contributed by atoms with Gasteiger partial charge in [-0.15, -0.1) is 34.4 Å².